The molecule has 1 fully saturated rings. The van der Waals surface area contributed by atoms with E-state index in [2.05, 4.69) is 191 Å². The maximum absolute atomic E-state index is 11.7. The first-order chi connectivity index (χ1) is 46.0. The Hall–Kier alpha value is -8.87. The summed E-state index contributed by atoms with van der Waals surface area (Å²) < 4.78 is 23.8. The summed E-state index contributed by atoms with van der Waals surface area (Å²) in [5.74, 6) is 0. The molecule has 13 rings (SSSR count). The predicted molar refractivity (Wildman–Crippen MR) is 395 cm³/mol. The average Bonchev–Trinajstić information content (AvgIpc) is 1.61. The molecule has 17 heteroatoms. The maximum atomic E-state index is 11.7. The van der Waals surface area contributed by atoms with E-state index in [1.807, 2.05) is 118 Å². The number of hydrogen-bond donors (Lipinski definition) is 6. The van der Waals surface area contributed by atoms with Gasteiger partial charge in [0.25, 0.3) is 0 Å². The van der Waals surface area contributed by atoms with E-state index in [4.69, 9.17) is 24.5 Å². The number of nitrogens with two attached hydrogens (primary N) is 1. The van der Waals surface area contributed by atoms with Gasteiger partial charge in [-0.3, -0.25) is 15.0 Å². The van der Waals surface area contributed by atoms with Crippen molar-refractivity contribution in [1.29, 1.82) is 0 Å². The number of carbonyl (C=O) groups excluding carboxylic acids is 2. The van der Waals surface area contributed by atoms with Crippen molar-refractivity contribution < 1.29 is 28.4 Å². The number of nitrogens with one attached hydrogen (secondary N) is 5. The van der Waals surface area contributed by atoms with E-state index in [1.165, 1.54) is 83.7 Å². The first-order valence-corrected chi connectivity index (χ1v) is 34.2. The van der Waals surface area contributed by atoms with Crippen LogP contribution in [0.25, 0.3) is 55.6 Å². The molecule has 0 atom stereocenters. The SMILES string of the molecule is Brc1ccnc2c1-c1ccccc1C2.CC(C)(C)OC(=O)NCCCNc1cccc(-c2ccnc3c2-c2ccccc2C3)c1.CC(C)(C)OC(=O)NCCCNc1cccc(B2OC(C)(C)C(C)(C)O2)c1.NCCCNc1cccc(-c2ccnc3c2-c2ccccc2C3)c1. The van der Waals surface area contributed by atoms with Gasteiger partial charge in [0.1, 0.15) is 11.2 Å². The Balaban J connectivity index is 0.000000143. The molecule has 4 heterocycles. The number of aromatic nitrogens is 3. The number of hydrogen-bond acceptors (Lipinski definition) is 13. The van der Waals surface area contributed by atoms with Crippen LogP contribution in [0.1, 0.15) is 122 Å². The van der Waals surface area contributed by atoms with Gasteiger partial charge in [0, 0.05) is 109 Å². The number of nitrogens with zero attached hydrogens (tertiary/aromatic N) is 3. The lowest BCUT2D eigenvalue weighted by atomic mass is 9.79. The second kappa shape index (κ2) is 31.3. The van der Waals surface area contributed by atoms with Crippen molar-refractivity contribution in [3.05, 3.63) is 221 Å². The Morgan fingerprint density at radius 3 is 1.30 bits per heavy atom. The molecule has 1 saturated heterocycles. The molecular weight excluding hydrogens is 1260 g/mol. The summed E-state index contributed by atoms with van der Waals surface area (Å²) in [5.41, 5.74) is 28.3. The van der Waals surface area contributed by atoms with Gasteiger partial charge >= 0.3 is 19.3 Å². The highest BCUT2D eigenvalue weighted by Gasteiger charge is 2.51. The molecule has 9 aromatic rings. The Labute approximate surface area is 575 Å². The minimum absolute atomic E-state index is 0.353. The zero-order chi connectivity index (χ0) is 68.0. The molecule has 3 aromatic heterocycles. The molecule has 2 amide bonds. The number of alkyl carbamates (subject to hydrolysis) is 2. The largest absolute Gasteiger partial charge is 0.494 e. The molecule has 96 heavy (non-hydrogen) atoms. The van der Waals surface area contributed by atoms with Crippen molar-refractivity contribution in [1.82, 2.24) is 25.6 Å². The predicted octanol–water partition coefficient (Wildman–Crippen LogP) is 16.5. The highest BCUT2D eigenvalue weighted by atomic mass is 79.9. The molecule has 0 saturated carbocycles. The zero-order valence-corrected chi connectivity index (χ0v) is 58.7. The third kappa shape index (κ3) is 18.2. The molecular formula is C79H91BBrN9O6. The van der Waals surface area contributed by atoms with E-state index < -0.39 is 11.2 Å². The van der Waals surface area contributed by atoms with E-state index in [0.717, 1.165) is 90.9 Å². The monoisotopic (exact) mass is 1350 g/mol. The minimum Gasteiger partial charge on any atom is -0.444 e. The van der Waals surface area contributed by atoms with Crippen molar-refractivity contribution >= 4 is 57.8 Å². The standard InChI is InChI=1S/C26H29N3O2.C21H21N3.C20H33BN2O4.C12H8BrN/c1-26(2,3)31-25(30)29-14-7-13-27-20-10-6-9-18(16-20)22-12-15-28-23-17-19-8-4-5-11-21(19)24(22)23;22-10-4-11-23-17-7-3-6-15(13-17)19-9-12-24-20-14-16-5-1-2-8-18(16)21(19)20;1-18(2,3)25-17(24)23-13-9-12-22-16-11-8-10-15(14-16)21-26-19(4,5)20(6,7)27-21;13-10-5-6-14-11-7-8-3-1-2-4-9(8)12(10)11/h4-6,8-12,15-16,27H,7,13-14,17H2,1-3H3,(H,29,30);1-3,5-9,12-13,23H,4,10-11,14,22H2;8,10-11,14,22H,9,12-13H2,1-7H3,(H,23,24);1-6H,7H2. The third-order valence-corrected chi connectivity index (χ3v) is 17.8. The smallest absolute Gasteiger partial charge is 0.444 e. The van der Waals surface area contributed by atoms with Crippen LogP contribution in [-0.4, -0.2) is 95.9 Å². The average molecular weight is 1350 g/mol. The molecule has 6 aromatic carbocycles. The lowest BCUT2D eigenvalue weighted by Crippen LogP contribution is -2.41. The molecule has 0 radical (unpaired) electrons. The van der Waals surface area contributed by atoms with Crippen LogP contribution in [0.2, 0.25) is 0 Å². The van der Waals surface area contributed by atoms with Crippen molar-refractivity contribution in [2.75, 3.05) is 55.2 Å². The molecule has 498 valence electrons. The quantitative estimate of drug-likeness (QED) is 0.0373. The summed E-state index contributed by atoms with van der Waals surface area (Å²) in [6, 6.07) is 57.0. The van der Waals surface area contributed by atoms with Crippen molar-refractivity contribution in [3.8, 4) is 55.6 Å². The van der Waals surface area contributed by atoms with Gasteiger partial charge in [-0.15, -0.1) is 0 Å². The second-order valence-corrected chi connectivity index (χ2v) is 28.2. The maximum Gasteiger partial charge on any atom is 0.494 e. The van der Waals surface area contributed by atoms with Crippen LogP contribution < -0.4 is 37.8 Å². The molecule has 0 spiro atoms. The number of amides is 2. The first kappa shape index (κ1) is 70.0. The van der Waals surface area contributed by atoms with Gasteiger partial charge in [-0.05, 0) is 211 Å². The van der Waals surface area contributed by atoms with Crippen molar-refractivity contribution in [3.63, 3.8) is 0 Å². The van der Waals surface area contributed by atoms with Crippen molar-refractivity contribution in [2.24, 2.45) is 5.73 Å². The van der Waals surface area contributed by atoms with Gasteiger partial charge in [0.2, 0.25) is 0 Å². The van der Waals surface area contributed by atoms with Crippen LogP contribution >= 0.6 is 15.9 Å². The second-order valence-electron chi connectivity index (χ2n) is 27.3. The van der Waals surface area contributed by atoms with Gasteiger partial charge in [-0.25, -0.2) is 9.59 Å². The number of pyridine rings is 3. The number of ether oxygens (including phenoxy) is 2. The fourth-order valence-corrected chi connectivity index (χ4v) is 12.5. The third-order valence-electron chi connectivity index (χ3n) is 17.1. The Morgan fingerprint density at radius 2 is 0.865 bits per heavy atom. The van der Waals surface area contributed by atoms with E-state index in [1.54, 1.807) is 0 Å². The molecule has 7 N–H and O–H groups in total. The number of anilines is 3. The number of fused-ring (bicyclic) bond motifs is 9. The fraction of sp³-hybridized carbons (Fsp3) is 0.329. The van der Waals surface area contributed by atoms with Crippen LogP contribution in [-0.2, 0) is 38.0 Å². The van der Waals surface area contributed by atoms with Crippen LogP contribution in [0.15, 0.2) is 187 Å². The number of rotatable bonds is 17. The van der Waals surface area contributed by atoms with Crippen LogP contribution in [0.5, 0.6) is 0 Å². The highest BCUT2D eigenvalue weighted by Crippen LogP contribution is 2.45. The van der Waals surface area contributed by atoms with E-state index in [0.29, 0.717) is 19.6 Å². The van der Waals surface area contributed by atoms with Gasteiger partial charge in [-0.1, -0.05) is 125 Å². The molecule has 4 aliphatic rings. The van der Waals surface area contributed by atoms with Crippen molar-refractivity contribution in [2.45, 2.75) is 130 Å². The lowest BCUT2D eigenvalue weighted by molar-refractivity contribution is 0.00578. The van der Waals surface area contributed by atoms with Gasteiger partial charge in [-0.2, -0.15) is 0 Å². The summed E-state index contributed by atoms with van der Waals surface area (Å²) in [6.45, 7) is 23.5. The van der Waals surface area contributed by atoms with Crippen LogP contribution in [0, 0.1) is 0 Å². The zero-order valence-electron chi connectivity index (χ0n) is 57.1. The van der Waals surface area contributed by atoms with Gasteiger partial charge in [0.05, 0.1) is 28.3 Å². The number of carbonyl (C=O) groups is 2. The number of benzene rings is 6. The Kier molecular flexibility index (Phi) is 22.8. The van der Waals surface area contributed by atoms with E-state index >= 15 is 0 Å². The Bertz CT molecular complexity index is 4150. The number of halogens is 1. The fourth-order valence-electron chi connectivity index (χ4n) is 11.9. The van der Waals surface area contributed by atoms with Gasteiger partial charge < -0.3 is 51.1 Å². The summed E-state index contributed by atoms with van der Waals surface area (Å²) in [4.78, 5) is 37.0. The molecule has 0 bridgehead atoms. The summed E-state index contributed by atoms with van der Waals surface area (Å²) in [6.07, 6.45) is 10.3. The van der Waals surface area contributed by atoms with E-state index in [9.17, 15) is 9.59 Å². The summed E-state index contributed by atoms with van der Waals surface area (Å²) in [5, 5.41) is 15.8. The highest BCUT2D eigenvalue weighted by molar-refractivity contribution is 9.10. The minimum atomic E-state index is -0.476. The molecule has 3 aliphatic carbocycles. The molecule has 0 unspecified atom stereocenters. The topological polar surface area (TPSA) is 196 Å². The molecule has 1 aliphatic heterocycles. The van der Waals surface area contributed by atoms with Crippen LogP contribution in [0.3, 0.4) is 0 Å². The normalized spacial score (nSPS) is 13.8. The first-order valence-electron chi connectivity index (χ1n) is 33.4. The Morgan fingerprint density at radius 1 is 0.479 bits per heavy atom. The van der Waals surface area contributed by atoms with E-state index in [-0.39, 0.29) is 30.5 Å². The van der Waals surface area contributed by atoms with Gasteiger partial charge in [0.15, 0.2) is 0 Å². The summed E-state index contributed by atoms with van der Waals surface area (Å²) >= 11 is 3.58. The van der Waals surface area contributed by atoms with Crippen LogP contribution in [0.4, 0.5) is 26.7 Å². The summed E-state index contributed by atoms with van der Waals surface area (Å²) in [7, 11) is -0.370. The molecule has 15 nitrogen and oxygen atoms in total. The lowest BCUT2D eigenvalue weighted by Gasteiger charge is -2.32.